The van der Waals surface area contributed by atoms with Gasteiger partial charge in [-0.25, -0.2) is 14.2 Å². The second-order valence-corrected chi connectivity index (χ2v) is 10.4. The average Bonchev–Trinajstić information content (AvgIpc) is 3.58. The number of likely N-dealkylation sites (tertiary alicyclic amines) is 1. The minimum absolute atomic E-state index is 0.00757. The number of aryl methyl sites for hydroxylation is 1. The maximum atomic E-state index is 14.0. The van der Waals surface area contributed by atoms with Crippen molar-refractivity contribution in [2.45, 2.75) is 51.4 Å². The number of amides is 1. The normalized spacial score (nSPS) is 17.6. The quantitative estimate of drug-likeness (QED) is 0.342. The van der Waals surface area contributed by atoms with Gasteiger partial charge in [-0.2, -0.15) is 13.2 Å². The van der Waals surface area contributed by atoms with Crippen LogP contribution in [0.3, 0.4) is 0 Å². The van der Waals surface area contributed by atoms with Gasteiger partial charge in [-0.05, 0) is 74.9 Å². The number of pyridine rings is 1. The Labute approximate surface area is 227 Å². The summed E-state index contributed by atoms with van der Waals surface area (Å²) in [6.45, 7) is 4.25. The molecule has 4 aromatic rings. The zero-order chi connectivity index (χ0) is 28.8. The number of rotatable bonds is 4. The standard InChI is InChI=1S/C26H28FN5O.C2HF3O2/c1-16-25(23-11-18-6-7-20(27)13-22(18)32(23)14-17-4-5-17)29-24-12-19(8-10-31(16)24)26(33)30-9-2-3-21(28)15-30;3-2(4,5)1(6)7/h6-8,10-13,17,21H,2-5,9,14-15,28H2,1H3;(H,6,7)/t21-;/m1./s1. The van der Waals surface area contributed by atoms with Gasteiger partial charge >= 0.3 is 12.1 Å². The molecule has 2 aliphatic rings. The highest BCUT2D eigenvalue weighted by atomic mass is 19.4. The summed E-state index contributed by atoms with van der Waals surface area (Å²) in [5, 5.41) is 8.14. The summed E-state index contributed by atoms with van der Waals surface area (Å²) < 4.78 is 50.0. The number of benzene rings is 1. The number of nitrogens with two attached hydrogens (primary N) is 1. The van der Waals surface area contributed by atoms with Gasteiger partial charge in [-0.3, -0.25) is 4.79 Å². The Morgan fingerprint density at radius 1 is 1.12 bits per heavy atom. The summed E-state index contributed by atoms with van der Waals surface area (Å²) in [6.07, 6.45) is 1.17. The van der Waals surface area contributed by atoms with Gasteiger partial charge in [0.1, 0.15) is 17.2 Å². The highest BCUT2D eigenvalue weighted by Crippen LogP contribution is 2.37. The Bertz CT molecular complexity index is 1590. The van der Waals surface area contributed by atoms with E-state index >= 15 is 0 Å². The lowest BCUT2D eigenvalue weighted by atomic mass is 10.1. The largest absolute Gasteiger partial charge is 0.490 e. The molecule has 212 valence electrons. The smallest absolute Gasteiger partial charge is 0.475 e. The molecule has 0 bridgehead atoms. The minimum Gasteiger partial charge on any atom is -0.475 e. The van der Waals surface area contributed by atoms with Crippen LogP contribution in [0.1, 0.15) is 41.7 Å². The number of imidazole rings is 1. The van der Waals surface area contributed by atoms with Crippen molar-refractivity contribution in [2.24, 2.45) is 11.7 Å². The number of aliphatic carboxylic acids is 1. The number of nitrogens with zero attached hydrogens (tertiary/aromatic N) is 4. The van der Waals surface area contributed by atoms with Gasteiger partial charge in [0.15, 0.2) is 0 Å². The molecule has 3 N–H and O–H groups in total. The van der Waals surface area contributed by atoms with E-state index in [1.54, 1.807) is 6.07 Å². The predicted molar refractivity (Wildman–Crippen MR) is 140 cm³/mol. The summed E-state index contributed by atoms with van der Waals surface area (Å²) in [5.41, 5.74) is 11.2. The summed E-state index contributed by atoms with van der Waals surface area (Å²) >= 11 is 0. The number of halogens is 4. The van der Waals surface area contributed by atoms with Crippen LogP contribution in [0.2, 0.25) is 0 Å². The fourth-order valence-electron chi connectivity index (χ4n) is 5.10. The van der Waals surface area contributed by atoms with E-state index in [4.69, 9.17) is 20.6 Å². The Hall–Kier alpha value is -3.93. The SMILES string of the molecule is Cc1c(-c2cc3ccc(F)cc3n2CC2CC2)nc2cc(C(=O)N3CCC[C@@H](N)C3)ccn12.O=C(O)C(F)(F)F. The molecular weight excluding hydrogens is 530 g/mol. The summed E-state index contributed by atoms with van der Waals surface area (Å²) in [5.74, 6) is -2.34. The molecule has 4 heterocycles. The number of hydrogen-bond acceptors (Lipinski definition) is 4. The number of carbonyl (C=O) groups excluding carboxylic acids is 1. The molecule has 1 amide bonds. The second kappa shape index (κ2) is 10.6. The monoisotopic (exact) mass is 559 g/mol. The third kappa shape index (κ3) is 5.67. The summed E-state index contributed by atoms with van der Waals surface area (Å²) in [4.78, 5) is 28.8. The van der Waals surface area contributed by atoms with E-state index in [0.717, 1.165) is 59.6 Å². The third-order valence-electron chi connectivity index (χ3n) is 7.35. The van der Waals surface area contributed by atoms with Gasteiger partial charge in [0.2, 0.25) is 0 Å². The van der Waals surface area contributed by atoms with E-state index in [9.17, 15) is 22.4 Å². The van der Waals surface area contributed by atoms with Crippen LogP contribution in [-0.4, -0.2) is 61.1 Å². The molecule has 1 aliphatic heterocycles. The maximum Gasteiger partial charge on any atom is 0.490 e. The first-order chi connectivity index (χ1) is 18.9. The molecular formula is C28H29F4N5O3. The Morgan fingerprint density at radius 2 is 1.85 bits per heavy atom. The highest BCUT2D eigenvalue weighted by molar-refractivity contribution is 5.95. The van der Waals surface area contributed by atoms with Crippen molar-refractivity contribution < 1.29 is 32.3 Å². The highest BCUT2D eigenvalue weighted by Gasteiger charge is 2.38. The molecule has 12 heteroatoms. The molecule has 1 atom stereocenters. The molecule has 1 saturated carbocycles. The molecule has 1 aliphatic carbocycles. The van der Waals surface area contributed by atoms with Crippen LogP contribution in [-0.2, 0) is 11.3 Å². The number of hydrogen-bond donors (Lipinski definition) is 2. The molecule has 0 unspecified atom stereocenters. The van der Waals surface area contributed by atoms with E-state index < -0.39 is 12.1 Å². The molecule has 40 heavy (non-hydrogen) atoms. The molecule has 0 spiro atoms. The first-order valence-corrected chi connectivity index (χ1v) is 13.0. The fraction of sp³-hybridized carbons (Fsp3) is 0.393. The molecule has 1 saturated heterocycles. The Morgan fingerprint density at radius 3 is 2.50 bits per heavy atom. The molecule has 1 aromatic carbocycles. The molecule has 8 nitrogen and oxygen atoms in total. The fourth-order valence-corrected chi connectivity index (χ4v) is 5.10. The summed E-state index contributed by atoms with van der Waals surface area (Å²) in [7, 11) is 0. The van der Waals surface area contributed by atoms with Gasteiger partial charge in [0.05, 0.1) is 11.2 Å². The number of carboxylic acids is 1. The van der Waals surface area contributed by atoms with Crippen LogP contribution >= 0.6 is 0 Å². The van der Waals surface area contributed by atoms with Crippen LogP contribution < -0.4 is 5.73 Å². The maximum absolute atomic E-state index is 14.0. The van der Waals surface area contributed by atoms with E-state index in [1.165, 1.54) is 18.9 Å². The number of alkyl halides is 3. The minimum atomic E-state index is -5.08. The topological polar surface area (TPSA) is 106 Å². The van der Waals surface area contributed by atoms with E-state index in [-0.39, 0.29) is 17.8 Å². The van der Waals surface area contributed by atoms with Crippen molar-refractivity contribution in [1.82, 2.24) is 18.9 Å². The number of piperidine rings is 1. The number of fused-ring (bicyclic) bond motifs is 2. The molecule has 0 radical (unpaired) electrons. The van der Waals surface area contributed by atoms with E-state index in [2.05, 4.69) is 10.6 Å². The number of aromatic nitrogens is 3. The Balaban J connectivity index is 0.000000411. The number of carbonyl (C=O) groups is 2. The molecule has 6 rings (SSSR count). The zero-order valence-electron chi connectivity index (χ0n) is 21.8. The van der Waals surface area contributed by atoms with Crippen LogP contribution in [0, 0.1) is 18.7 Å². The first-order valence-electron chi connectivity index (χ1n) is 13.0. The van der Waals surface area contributed by atoms with Gasteiger partial charge in [-0.15, -0.1) is 0 Å². The van der Waals surface area contributed by atoms with Crippen LogP contribution in [0.15, 0.2) is 42.6 Å². The van der Waals surface area contributed by atoms with Crippen molar-refractivity contribution in [3.8, 4) is 11.4 Å². The van der Waals surface area contributed by atoms with Crippen LogP contribution in [0.5, 0.6) is 0 Å². The van der Waals surface area contributed by atoms with E-state index in [1.807, 2.05) is 40.6 Å². The van der Waals surface area contributed by atoms with Gasteiger partial charge in [0, 0.05) is 48.5 Å². The van der Waals surface area contributed by atoms with E-state index in [0.29, 0.717) is 18.0 Å². The second-order valence-electron chi connectivity index (χ2n) is 10.4. The van der Waals surface area contributed by atoms with Crippen molar-refractivity contribution in [3.63, 3.8) is 0 Å². The lowest BCUT2D eigenvalue weighted by Gasteiger charge is -2.30. The lowest BCUT2D eigenvalue weighted by molar-refractivity contribution is -0.192. The number of carboxylic acid groups (broad SMARTS) is 1. The van der Waals surface area contributed by atoms with Crippen LogP contribution in [0.4, 0.5) is 17.6 Å². The lowest BCUT2D eigenvalue weighted by Crippen LogP contribution is -2.45. The van der Waals surface area contributed by atoms with Crippen molar-refractivity contribution >= 4 is 28.4 Å². The van der Waals surface area contributed by atoms with Crippen molar-refractivity contribution in [1.29, 1.82) is 0 Å². The van der Waals surface area contributed by atoms with Gasteiger partial charge < -0.3 is 24.7 Å². The molecule has 2 fully saturated rings. The summed E-state index contributed by atoms with van der Waals surface area (Å²) in [6, 6.07) is 10.8. The van der Waals surface area contributed by atoms with Gasteiger partial charge in [0.25, 0.3) is 5.91 Å². The first kappa shape index (κ1) is 27.6. The predicted octanol–water partition coefficient (Wildman–Crippen LogP) is 5.01. The Kier molecular flexibility index (Phi) is 7.30. The zero-order valence-corrected chi connectivity index (χ0v) is 21.8. The van der Waals surface area contributed by atoms with Gasteiger partial charge in [-0.1, -0.05) is 0 Å². The van der Waals surface area contributed by atoms with Crippen LogP contribution in [0.25, 0.3) is 27.9 Å². The van der Waals surface area contributed by atoms with Crippen molar-refractivity contribution in [2.75, 3.05) is 13.1 Å². The average molecular weight is 560 g/mol. The molecule has 3 aromatic heterocycles. The van der Waals surface area contributed by atoms with Crippen molar-refractivity contribution in [3.05, 3.63) is 59.7 Å². The third-order valence-corrected chi connectivity index (χ3v) is 7.35.